The van der Waals surface area contributed by atoms with Gasteiger partial charge in [-0.05, 0) is 38.3 Å². The first-order chi connectivity index (χ1) is 15.2. The molecule has 0 aliphatic carbocycles. The van der Waals surface area contributed by atoms with Crippen molar-refractivity contribution < 1.29 is 22.8 Å². The molecule has 3 rings (SSSR count). The van der Waals surface area contributed by atoms with E-state index in [-0.39, 0.29) is 24.2 Å². The molecule has 0 bridgehead atoms. The Morgan fingerprint density at radius 2 is 1.81 bits per heavy atom. The summed E-state index contributed by atoms with van der Waals surface area (Å²) in [6.45, 7) is 5.88. The molecular formula is C22H28F3N5O2. The number of aromatic nitrogens is 2. The van der Waals surface area contributed by atoms with Gasteiger partial charge >= 0.3 is 6.18 Å². The highest BCUT2D eigenvalue weighted by atomic mass is 19.4. The first-order valence-corrected chi connectivity index (χ1v) is 10.7. The van der Waals surface area contributed by atoms with Gasteiger partial charge in [0.2, 0.25) is 5.91 Å². The molecule has 1 aromatic carbocycles. The van der Waals surface area contributed by atoms with Gasteiger partial charge in [-0.15, -0.1) is 0 Å². The molecule has 7 nitrogen and oxygen atoms in total. The maximum Gasteiger partial charge on any atom is 0.434 e. The van der Waals surface area contributed by atoms with E-state index in [9.17, 15) is 22.8 Å². The van der Waals surface area contributed by atoms with Crippen LogP contribution >= 0.6 is 0 Å². The molecule has 1 fully saturated rings. The lowest BCUT2D eigenvalue weighted by atomic mass is 10.0. The van der Waals surface area contributed by atoms with Gasteiger partial charge in [0, 0.05) is 25.7 Å². The SMILES string of the molecule is CCCNC(=O)CN1CCC(NC(=O)c2cnn(-c3ccc(C)cc3)c2C(F)(F)F)CC1. The van der Waals surface area contributed by atoms with E-state index in [2.05, 4.69) is 15.7 Å². The van der Waals surface area contributed by atoms with Gasteiger partial charge in [-0.2, -0.15) is 18.3 Å². The first kappa shape index (κ1) is 23.8. The molecule has 32 heavy (non-hydrogen) atoms. The number of carbonyl (C=O) groups is 2. The number of alkyl halides is 3. The Labute approximate surface area is 185 Å². The van der Waals surface area contributed by atoms with E-state index in [0.717, 1.165) is 22.9 Å². The van der Waals surface area contributed by atoms with Gasteiger partial charge in [0.25, 0.3) is 5.91 Å². The monoisotopic (exact) mass is 451 g/mol. The highest BCUT2D eigenvalue weighted by molar-refractivity contribution is 5.95. The highest BCUT2D eigenvalue weighted by Gasteiger charge is 2.41. The molecule has 0 spiro atoms. The molecule has 1 aliphatic rings. The lowest BCUT2D eigenvalue weighted by Gasteiger charge is -2.31. The standard InChI is InChI=1S/C22H28F3N5O2/c1-3-10-26-19(31)14-29-11-8-16(9-12-29)28-21(32)18-13-27-30(20(18)22(23,24)25)17-6-4-15(2)5-7-17/h4-7,13,16H,3,8-12,14H2,1-2H3,(H,26,31)(H,28,32). The maximum absolute atomic E-state index is 13.8. The van der Waals surface area contributed by atoms with Crippen LogP contribution in [0.3, 0.4) is 0 Å². The zero-order valence-corrected chi connectivity index (χ0v) is 18.2. The van der Waals surface area contributed by atoms with Gasteiger partial charge in [0.05, 0.1) is 24.0 Å². The predicted octanol–water partition coefficient (Wildman–Crippen LogP) is 2.92. The smallest absolute Gasteiger partial charge is 0.355 e. The Kier molecular flexibility index (Phi) is 7.55. The molecule has 0 radical (unpaired) electrons. The molecule has 0 unspecified atom stereocenters. The molecule has 2 aromatic rings. The zero-order chi connectivity index (χ0) is 23.3. The number of aryl methyl sites for hydroxylation is 1. The van der Waals surface area contributed by atoms with Crippen LogP contribution in [0.5, 0.6) is 0 Å². The fraction of sp³-hybridized carbons (Fsp3) is 0.500. The van der Waals surface area contributed by atoms with Crippen molar-refractivity contribution in [3.05, 3.63) is 47.3 Å². The molecule has 1 aliphatic heterocycles. The number of hydrogen-bond donors (Lipinski definition) is 2. The van der Waals surface area contributed by atoms with Gasteiger partial charge in [0.15, 0.2) is 5.69 Å². The number of amides is 2. The molecule has 1 aromatic heterocycles. The summed E-state index contributed by atoms with van der Waals surface area (Å²) in [4.78, 5) is 26.5. The van der Waals surface area contributed by atoms with Crippen LogP contribution in [0.25, 0.3) is 5.69 Å². The quantitative estimate of drug-likeness (QED) is 0.679. The average Bonchev–Trinajstić information content (AvgIpc) is 3.20. The molecular weight excluding hydrogens is 423 g/mol. The Balaban J connectivity index is 1.66. The van der Waals surface area contributed by atoms with Crippen LogP contribution in [0, 0.1) is 6.92 Å². The van der Waals surface area contributed by atoms with Crippen LogP contribution in [0.2, 0.25) is 0 Å². The number of nitrogens with zero attached hydrogens (tertiary/aromatic N) is 3. The minimum atomic E-state index is -4.75. The third-order valence-corrected chi connectivity index (χ3v) is 5.42. The van der Waals surface area contributed by atoms with Crippen LogP contribution in [0.4, 0.5) is 13.2 Å². The minimum absolute atomic E-state index is 0.0484. The second kappa shape index (κ2) is 10.2. The topological polar surface area (TPSA) is 79.3 Å². The van der Waals surface area contributed by atoms with E-state index in [4.69, 9.17) is 0 Å². The van der Waals surface area contributed by atoms with Crippen molar-refractivity contribution in [1.29, 1.82) is 0 Å². The van der Waals surface area contributed by atoms with E-state index in [0.29, 0.717) is 32.5 Å². The van der Waals surface area contributed by atoms with Gasteiger partial charge in [-0.25, -0.2) is 4.68 Å². The third kappa shape index (κ3) is 5.87. The normalized spacial score (nSPS) is 15.5. The zero-order valence-electron chi connectivity index (χ0n) is 18.2. The van der Waals surface area contributed by atoms with Crippen molar-refractivity contribution in [3.63, 3.8) is 0 Å². The summed E-state index contributed by atoms with van der Waals surface area (Å²) in [5.74, 6) is -0.845. The first-order valence-electron chi connectivity index (χ1n) is 10.7. The van der Waals surface area contributed by atoms with Crippen molar-refractivity contribution in [1.82, 2.24) is 25.3 Å². The number of nitrogens with one attached hydrogen (secondary N) is 2. The summed E-state index contributed by atoms with van der Waals surface area (Å²) >= 11 is 0. The van der Waals surface area contributed by atoms with E-state index < -0.39 is 23.3 Å². The van der Waals surface area contributed by atoms with Gasteiger partial charge < -0.3 is 10.6 Å². The summed E-state index contributed by atoms with van der Waals surface area (Å²) in [5.41, 5.74) is -0.457. The minimum Gasteiger partial charge on any atom is -0.355 e. The molecule has 174 valence electrons. The molecule has 10 heteroatoms. The maximum atomic E-state index is 13.8. The number of benzene rings is 1. The molecule has 1 saturated heterocycles. The van der Waals surface area contributed by atoms with Crippen LogP contribution in [0.15, 0.2) is 30.5 Å². The van der Waals surface area contributed by atoms with E-state index >= 15 is 0 Å². The van der Waals surface area contributed by atoms with Crippen LogP contribution < -0.4 is 10.6 Å². The number of piperidine rings is 1. The Morgan fingerprint density at radius 3 is 2.41 bits per heavy atom. The number of rotatable bonds is 7. The lowest BCUT2D eigenvalue weighted by Crippen LogP contribution is -2.47. The molecule has 2 amide bonds. The Hall–Kier alpha value is -2.88. The third-order valence-electron chi connectivity index (χ3n) is 5.42. The number of halogens is 3. The summed E-state index contributed by atoms with van der Waals surface area (Å²) < 4.78 is 42.2. The summed E-state index contributed by atoms with van der Waals surface area (Å²) in [7, 11) is 0. The molecule has 0 saturated carbocycles. The largest absolute Gasteiger partial charge is 0.434 e. The summed E-state index contributed by atoms with van der Waals surface area (Å²) in [6.07, 6.45) is -1.81. The molecule has 2 heterocycles. The predicted molar refractivity (Wildman–Crippen MR) is 114 cm³/mol. The van der Waals surface area contributed by atoms with E-state index in [1.165, 1.54) is 12.1 Å². The Morgan fingerprint density at radius 1 is 1.16 bits per heavy atom. The van der Waals surface area contributed by atoms with Crippen LogP contribution in [0.1, 0.15) is 47.8 Å². The highest BCUT2D eigenvalue weighted by Crippen LogP contribution is 2.33. The van der Waals surface area contributed by atoms with Gasteiger partial charge in [-0.3, -0.25) is 14.5 Å². The van der Waals surface area contributed by atoms with Crippen molar-refractivity contribution in [3.8, 4) is 5.69 Å². The fourth-order valence-corrected chi connectivity index (χ4v) is 3.69. The van der Waals surface area contributed by atoms with Crippen LogP contribution in [-0.2, 0) is 11.0 Å². The van der Waals surface area contributed by atoms with Gasteiger partial charge in [-0.1, -0.05) is 24.6 Å². The van der Waals surface area contributed by atoms with Crippen molar-refractivity contribution >= 4 is 11.8 Å². The van der Waals surface area contributed by atoms with Crippen molar-refractivity contribution in [2.24, 2.45) is 0 Å². The number of hydrogen-bond acceptors (Lipinski definition) is 4. The number of carbonyl (C=O) groups excluding carboxylic acids is 2. The second-order valence-corrected chi connectivity index (χ2v) is 8.03. The van der Waals surface area contributed by atoms with E-state index in [1.54, 1.807) is 12.1 Å². The van der Waals surface area contributed by atoms with Crippen molar-refractivity contribution in [2.45, 2.75) is 45.3 Å². The van der Waals surface area contributed by atoms with Gasteiger partial charge in [0.1, 0.15) is 0 Å². The second-order valence-electron chi connectivity index (χ2n) is 8.03. The molecule has 2 N–H and O–H groups in total. The lowest BCUT2D eigenvalue weighted by molar-refractivity contribution is -0.143. The fourth-order valence-electron chi connectivity index (χ4n) is 3.69. The van der Waals surface area contributed by atoms with Crippen molar-refractivity contribution in [2.75, 3.05) is 26.2 Å². The van der Waals surface area contributed by atoms with E-state index in [1.807, 2.05) is 18.7 Å². The van der Waals surface area contributed by atoms with Crippen LogP contribution in [-0.4, -0.2) is 58.7 Å². The molecule has 0 atom stereocenters. The summed E-state index contributed by atoms with van der Waals surface area (Å²) in [5, 5.41) is 9.38. The number of likely N-dealkylation sites (tertiary alicyclic amines) is 1. The Bertz CT molecular complexity index is 932. The average molecular weight is 451 g/mol. The summed E-state index contributed by atoms with van der Waals surface area (Å²) in [6, 6.07) is 6.18.